The first kappa shape index (κ1) is 32.0. The third-order valence-electron chi connectivity index (χ3n) is 8.30. The highest BCUT2D eigenvalue weighted by Gasteiger charge is 2.29. The van der Waals surface area contributed by atoms with E-state index >= 15 is 0 Å². The molecule has 8 nitrogen and oxygen atoms in total. The maximum absolute atomic E-state index is 14.2. The summed E-state index contributed by atoms with van der Waals surface area (Å²) in [7, 11) is 0. The number of halogens is 4. The van der Waals surface area contributed by atoms with E-state index < -0.39 is 11.9 Å². The first-order valence-electron chi connectivity index (χ1n) is 14.9. The number of nitrogens with one attached hydrogen (secondary N) is 2. The van der Waals surface area contributed by atoms with E-state index in [4.69, 9.17) is 34.8 Å². The zero-order valence-corrected chi connectivity index (χ0v) is 27.8. The lowest BCUT2D eigenvalue weighted by molar-refractivity contribution is 0.0866. The molecule has 0 spiro atoms. The summed E-state index contributed by atoms with van der Waals surface area (Å²) < 4.78 is 16.1. The summed E-state index contributed by atoms with van der Waals surface area (Å²) in [5.74, 6) is -0.508. The Labute approximate surface area is 282 Å². The van der Waals surface area contributed by atoms with E-state index in [-0.39, 0.29) is 22.2 Å². The molecular formula is C34H32Cl3FN8. The fourth-order valence-electron chi connectivity index (χ4n) is 5.88. The van der Waals surface area contributed by atoms with E-state index in [0.717, 1.165) is 37.2 Å². The number of anilines is 3. The molecule has 1 aliphatic rings. The van der Waals surface area contributed by atoms with Crippen LogP contribution in [0.4, 0.5) is 21.5 Å². The maximum atomic E-state index is 14.2. The van der Waals surface area contributed by atoms with Gasteiger partial charge in [0.25, 0.3) is 0 Å². The molecule has 1 atom stereocenters. The lowest BCUT2D eigenvalue weighted by Crippen LogP contribution is -2.46. The van der Waals surface area contributed by atoms with Crippen molar-refractivity contribution < 1.29 is 4.39 Å². The lowest BCUT2D eigenvalue weighted by atomic mass is 9.98. The van der Waals surface area contributed by atoms with Crippen LogP contribution in [0.15, 0.2) is 67.0 Å². The van der Waals surface area contributed by atoms with Gasteiger partial charge in [-0.3, -0.25) is 9.88 Å². The summed E-state index contributed by atoms with van der Waals surface area (Å²) in [4.78, 5) is 6.95. The number of hydrogen-bond acceptors (Lipinski definition) is 7. The molecule has 0 unspecified atom stereocenters. The summed E-state index contributed by atoms with van der Waals surface area (Å²) in [6.45, 7) is 8.73. The van der Waals surface area contributed by atoms with Gasteiger partial charge in [0.05, 0.1) is 40.1 Å². The maximum Gasteiger partial charge on any atom is 0.126 e. The van der Waals surface area contributed by atoms with Gasteiger partial charge in [-0.2, -0.15) is 5.26 Å². The molecule has 236 valence electrons. The van der Waals surface area contributed by atoms with Crippen molar-refractivity contribution in [3.63, 3.8) is 0 Å². The molecule has 3 aromatic carbocycles. The van der Waals surface area contributed by atoms with Crippen LogP contribution in [0.5, 0.6) is 0 Å². The number of benzene rings is 3. The minimum Gasteiger partial charge on any atom is -0.373 e. The Hall–Kier alpha value is -3.94. The minimum atomic E-state index is -0.508. The monoisotopic (exact) mass is 676 g/mol. The topological polar surface area (TPSA) is 94.7 Å². The molecule has 0 saturated carbocycles. The van der Waals surface area contributed by atoms with E-state index in [2.05, 4.69) is 57.7 Å². The average Bonchev–Trinajstić information content (AvgIpc) is 3.50. The number of hydrogen-bond donors (Lipinski definition) is 2. The van der Waals surface area contributed by atoms with Crippen LogP contribution in [0.2, 0.25) is 15.1 Å². The van der Waals surface area contributed by atoms with Gasteiger partial charge in [0.1, 0.15) is 17.6 Å². The number of likely N-dealkylation sites (tertiary alicyclic amines) is 1. The van der Waals surface area contributed by atoms with Crippen LogP contribution >= 0.6 is 34.8 Å². The van der Waals surface area contributed by atoms with Crippen molar-refractivity contribution in [2.75, 3.05) is 23.7 Å². The molecule has 0 aliphatic carbocycles. The fraction of sp³-hybridized carbons (Fsp3) is 0.294. The first-order chi connectivity index (χ1) is 22.0. The number of piperidine rings is 1. The summed E-state index contributed by atoms with van der Waals surface area (Å²) in [6.07, 6.45) is 5.41. The molecule has 46 heavy (non-hydrogen) atoms. The zero-order chi connectivity index (χ0) is 32.6. The van der Waals surface area contributed by atoms with Crippen molar-refractivity contribution in [3.05, 3.63) is 105 Å². The third kappa shape index (κ3) is 6.91. The van der Waals surface area contributed by atoms with Crippen LogP contribution in [-0.4, -0.2) is 43.5 Å². The van der Waals surface area contributed by atoms with Crippen LogP contribution in [0, 0.1) is 17.1 Å². The Kier molecular flexibility index (Phi) is 9.08. The van der Waals surface area contributed by atoms with Gasteiger partial charge >= 0.3 is 0 Å². The Morgan fingerprint density at radius 1 is 0.978 bits per heavy atom. The summed E-state index contributed by atoms with van der Waals surface area (Å²) in [6, 6.07) is 17.3. The summed E-state index contributed by atoms with van der Waals surface area (Å²) in [5.41, 5.74) is 3.99. The number of aromatic nitrogens is 4. The third-order valence-corrected chi connectivity index (χ3v) is 9.06. The van der Waals surface area contributed by atoms with E-state index in [1.165, 1.54) is 18.3 Å². The molecule has 3 heterocycles. The molecular weight excluding hydrogens is 646 g/mol. The number of rotatable bonds is 7. The predicted octanol–water partition coefficient (Wildman–Crippen LogP) is 9.18. The molecule has 1 fully saturated rings. The van der Waals surface area contributed by atoms with Crippen LogP contribution < -0.4 is 10.6 Å². The van der Waals surface area contributed by atoms with Crippen LogP contribution in [0.25, 0.3) is 10.9 Å². The number of nitrogens with zero attached hydrogens (tertiary/aromatic N) is 6. The molecule has 2 N–H and O–H groups in total. The fourth-order valence-corrected chi connectivity index (χ4v) is 6.50. The van der Waals surface area contributed by atoms with Gasteiger partial charge in [-0.25, -0.2) is 9.07 Å². The smallest absolute Gasteiger partial charge is 0.126 e. The first-order valence-corrected chi connectivity index (χ1v) is 16.1. The molecule has 6 rings (SSSR count). The molecule has 1 aliphatic heterocycles. The van der Waals surface area contributed by atoms with E-state index in [0.29, 0.717) is 38.0 Å². The number of fused-ring (bicyclic) bond motifs is 1. The second-order valence-corrected chi connectivity index (χ2v) is 13.7. The van der Waals surface area contributed by atoms with Crippen molar-refractivity contribution >= 4 is 62.8 Å². The highest BCUT2D eigenvalue weighted by Crippen LogP contribution is 2.37. The Morgan fingerprint density at radius 2 is 1.72 bits per heavy atom. The largest absolute Gasteiger partial charge is 0.373 e. The van der Waals surface area contributed by atoms with Crippen LogP contribution in [0.3, 0.4) is 0 Å². The van der Waals surface area contributed by atoms with Crippen LogP contribution in [-0.2, 0) is 0 Å². The van der Waals surface area contributed by atoms with Crippen molar-refractivity contribution in [2.45, 2.75) is 51.2 Å². The van der Waals surface area contributed by atoms with Crippen molar-refractivity contribution in [3.8, 4) is 6.07 Å². The number of nitriles is 1. The normalized spacial score (nSPS) is 15.1. The van der Waals surface area contributed by atoms with E-state index in [1.807, 2.05) is 41.2 Å². The van der Waals surface area contributed by atoms with Crippen molar-refractivity contribution in [1.29, 1.82) is 5.26 Å². The second-order valence-electron chi connectivity index (χ2n) is 12.4. The van der Waals surface area contributed by atoms with Crippen LogP contribution in [0.1, 0.15) is 62.5 Å². The molecule has 0 radical (unpaired) electrons. The van der Waals surface area contributed by atoms with Crippen molar-refractivity contribution in [2.24, 2.45) is 0 Å². The Balaban J connectivity index is 1.36. The van der Waals surface area contributed by atoms with Gasteiger partial charge < -0.3 is 10.6 Å². The highest BCUT2D eigenvalue weighted by molar-refractivity contribution is 6.36. The van der Waals surface area contributed by atoms with Gasteiger partial charge in [0, 0.05) is 51.6 Å². The van der Waals surface area contributed by atoms with Gasteiger partial charge in [0.2, 0.25) is 0 Å². The molecule has 2 aromatic heterocycles. The SMILES string of the molecule is CC(C)(C)N1CCC(n2cc([C@@H](Nc3cc(Cl)c4ncc(C#N)c(Nc5cc(F)cc(Cl)c5)c4c3)c3ccc(Cl)cc3)nn2)CC1. The molecule has 12 heteroatoms. The predicted molar refractivity (Wildman–Crippen MR) is 183 cm³/mol. The molecule has 5 aromatic rings. The zero-order valence-electron chi connectivity index (χ0n) is 25.5. The average molecular weight is 678 g/mol. The lowest BCUT2D eigenvalue weighted by Gasteiger charge is -2.40. The quantitative estimate of drug-likeness (QED) is 0.177. The highest BCUT2D eigenvalue weighted by atomic mass is 35.5. The minimum absolute atomic E-state index is 0.131. The Morgan fingerprint density at radius 3 is 2.39 bits per heavy atom. The summed E-state index contributed by atoms with van der Waals surface area (Å²) in [5, 5.41) is 27.6. The Bertz CT molecular complexity index is 1900. The standard InChI is InChI=1S/C34H32Cl3FN8/c1-34(2,3)45-10-8-27(9-11-45)46-19-30(43-44-46)32(20-4-6-22(35)7-5-20)42-26-15-28-31(41-25-13-23(36)12-24(38)14-25)21(17-39)18-40-33(28)29(37)16-26/h4-7,12-16,18-19,27,32,42H,8-11H2,1-3H3,(H,40,41)/t32-/m0/s1. The summed E-state index contributed by atoms with van der Waals surface area (Å²) >= 11 is 19.1. The van der Waals surface area contributed by atoms with Gasteiger partial charge in [0.15, 0.2) is 0 Å². The molecule has 0 amide bonds. The molecule has 1 saturated heterocycles. The number of pyridine rings is 1. The van der Waals surface area contributed by atoms with Gasteiger partial charge in [-0.15, -0.1) is 5.10 Å². The van der Waals surface area contributed by atoms with E-state index in [9.17, 15) is 9.65 Å². The van der Waals surface area contributed by atoms with Crippen molar-refractivity contribution in [1.82, 2.24) is 24.9 Å². The van der Waals surface area contributed by atoms with Gasteiger partial charge in [-0.1, -0.05) is 52.1 Å². The molecule has 0 bridgehead atoms. The van der Waals surface area contributed by atoms with E-state index in [1.54, 1.807) is 12.1 Å². The van der Waals surface area contributed by atoms with Gasteiger partial charge in [-0.05, 0) is 81.6 Å². The second kappa shape index (κ2) is 13.0.